The lowest BCUT2D eigenvalue weighted by atomic mass is 10.1. The first-order chi connectivity index (χ1) is 8.38. The van der Waals surface area contributed by atoms with Crippen LogP contribution in [0.5, 0.6) is 0 Å². The fourth-order valence-corrected chi connectivity index (χ4v) is 2.43. The van der Waals surface area contributed by atoms with Crippen molar-refractivity contribution in [3.8, 4) is 0 Å². The molecule has 0 radical (unpaired) electrons. The fourth-order valence-electron chi connectivity index (χ4n) is 2.25. The summed E-state index contributed by atoms with van der Waals surface area (Å²) < 4.78 is 40.3. The predicted molar refractivity (Wildman–Crippen MR) is 60.1 cm³/mol. The highest BCUT2D eigenvalue weighted by Crippen LogP contribution is 2.44. The van der Waals surface area contributed by atoms with E-state index in [2.05, 4.69) is 10.1 Å². The Bertz CT molecular complexity index is 621. The lowest BCUT2D eigenvalue weighted by molar-refractivity contribution is -0.147. The largest absolute Gasteiger partial charge is 0.399 e. The van der Waals surface area contributed by atoms with E-state index < -0.39 is 12.1 Å². The Balaban J connectivity index is 2.30. The van der Waals surface area contributed by atoms with E-state index in [-0.39, 0.29) is 17.4 Å². The molecule has 96 valence electrons. The summed E-state index contributed by atoms with van der Waals surface area (Å²) in [6, 6.07) is 1.44. The van der Waals surface area contributed by atoms with Crippen molar-refractivity contribution < 1.29 is 13.2 Å². The van der Waals surface area contributed by atoms with Gasteiger partial charge in [-0.1, -0.05) is 11.6 Å². The number of likely N-dealkylation sites (N-methyl/N-ethyl adjacent to an activating group) is 1. The zero-order valence-corrected chi connectivity index (χ0v) is 10.00. The highest BCUT2D eigenvalue weighted by Gasteiger charge is 2.48. The van der Waals surface area contributed by atoms with Crippen molar-refractivity contribution in [3.63, 3.8) is 0 Å². The van der Waals surface area contributed by atoms with Gasteiger partial charge in [-0.25, -0.2) is 9.50 Å². The second kappa shape index (κ2) is 3.50. The summed E-state index contributed by atoms with van der Waals surface area (Å²) in [5, 5.41) is 4.01. The van der Waals surface area contributed by atoms with Gasteiger partial charge in [-0.2, -0.15) is 18.3 Å². The van der Waals surface area contributed by atoms with Crippen molar-refractivity contribution in [2.45, 2.75) is 12.1 Å². The van der Waals surface area contributed by atoms with Crippen LogP contribution >= 0.6 is 11.6 Å². The average Bonchev–Trinajstić information content (AvgIpc) is 2.77. The molecule has 4 nitrogen and oxygen atoms in total. The van der Waals surface area contributed by atoms with Crippen molar-refractivity contribution in [3.05, 3.63) is 23.1 Å². The molecule has 1 aliphatic heterocycles. The Morgan fingerprint density at radius 3 is 2.83 bits per heavy atom. The number of anilines is 1. The molecule has 8 heteroatoms. The van der Waals surface area contributed by atoms with Crippen LogP contribution in [0, 0.1) is 0 Å². The Morgan fingerprint density at radius 1 is 1.44 bits per heavy atom. The van der Waals surface area contributed by atoms with Crippen molar-refractivity contribution in [1.29, 1.82) is 0 Å². The standard InChI is InChI=1S/C10H8ClF3N4/c1-17-4-5(10(12,13)14)9-6(17)3-15-8-2-7(11)16-18(8)9/h2-3,5H,4H2,1H3. The minimum atomic E-state index is -4.31. The van der Waals surface area contributed by atoms with Gasteiger partial charge in [-0.3, -0.25) is 0 Å². The van der Waals surface area contributed by atoms with Crippen LogP contribution in [-0.2, 0) is 0 Å². The monoisotopic (exact) mass is 276 g/mol. The second-order valence-electron chi connectivity index (χ2n) is 4.24. The van der Waals surface area contributed by atoms with Gasteiger partial charge in [0.25, 0.3) is 0 Å². The van der Waals surface area contributed by atoms with Gasteiger partial charge in [0.05, 0.1) is 17.6 Å². The normalized spacial score (nSPS) is 19.6. The van der Waals surface area contributed by atoms with Gasteiger partial charge in [0.15, 0.2) is 10.8 Å². The van der Waals surface area contributed by atoms with Gasteiger partial charge < -0.3 is 4.90 Å². The summed E-state index contributed by atoms with van der Waals surface area (Å²) in [5.41, 5.74) is 0.856. The number of alkyl halides is 3. The van der Waals surface area contributed by atoms with Crippen LogP contribution in [0.2, 0.25) is 5.15 Å². The van der Waals surface area contributed by atoms with Crippen LogP contribution in [0.1, 0.15) is 11.6 Å². The van der Waals surface area contributed by atoms with Gasteiger partial charge in [-0.15, -0.1) is 0 Å². The SMILES string of the molecule is CN1CC(C(F)(F)F)c2c1cnc1cc(Cl)nn21. The zero-order chi connectivity index (χ0) is 13.1. The third-order valence-corrected chi connectivity index (χ3v) is 3.25. The predicted octanol–water partition coefficient (Wildman–Crippen LogP) is 2.48. The molecule has 0 N–H and O–H groups in total. The molecule has 2 aromatic rings. The molecular weight excluding hydrogens is 269 g/mol. The van der Waals surface area contributed by atoms with E-state index >= 15 is 0 Å². The minimum Gasteiger partial charge on any atom is -0.371 e. The zero-order valence-electron chi connectivity index (χ0n) is 9.24. The van der Waals surface area contributed by atoms with E-state index in [9.17, 15) is 13.2 Å². The van der Waals surface area contributed by atoms with Gasteiger partial charge in [0, 0.05) is 19.7 Å². The third-order valence-electron chi connectivity index (χ3n) is 3.06. The first-order valence-electron chi connectivity index (χ1n) is 5.20. The molecule has 0 spiro atoms. The Kier molecular flexibility index (Phi) is 2.25. The number of rotatable bonds is 0. The topological polar surface area (TPSA) is 33.4 Å². The molecule has 2 aromatic heterocycles. The molecule has 0 aliphatic carbocycles. The van der Waals surface area contributed by atoms with Gasteiger partial charge >= 0.3 is 6.18 Å². The molecule has 18 heavy (non-hydrogen) atoms. The summed E-state index contributed by atoms with van der Waals surface area (Å²) in [4.78, 5) is 5.57. The van der Waals surface area contributed by atoms with Crippen molar-refractivity contribution in [2.75, 3.05) is 18.5 Å². The molecule has 0 saturated carbocycles. The number of fused-ring (bicyclic) bond motifs is 3. The highest BCUT2D eigenvalue weighted by molar-refractivity contribution is 6.29. The van der Waals surface area contributed by atoms with Gasteiger partial charge in [-0.05, 0) is 0 Å². The smallest absolute Gasteiger partial charge is 0.371 e. The number of nitrogens with zero attached hydrogens (tertiary/aromatic N) is 4. The first kappa shape index (κ1) is 11.6. The van der Waals surface area contributed by atoms with E-state index in [1.165, 1.54) is 21.7 Å². The number of aromatic nitrogens is 3. The van der Waals surface area contributed by atoms with Crippen molar-refractivity contribution in [1.82, 2.24) is 14.6 Å². The lowest BCUT2D eigenvalue weighted by Gasteiger charge is -2.15. The molecule has 1 aliphatic rings. The van der Waals surface area contributed by atoms with E-state index in [4.69, 9.17) is 11.6 Å². The molecule has 0 aromatic carbocycles. The summed E-state index contributed by atoms with van der Waals surface area (Å²) in [6.45, 7) is -0.128. The van der Waals surface area contributed by atoms with Crippen LogP contribution in [-0.4, -0.2) is 34.4 Å². The van der Waals surface area contributed by atoms with Gasteiger partial charge in [0.2, 0.25) is 0 Å². The van der Waals surface area contributed by atoms with Crippen LogP contribution in [0.3, 0.4) is 0 Å². The summed E-state index contributed by atoms with van der Waals surface area (Å²) in [7, 11) is 1.60. The van der Waals surface area contributed by atoms with Crippen molar-refractivity contribution in [2.24, 2.45) is 0 Å². The van der Waals surface area contributed by atoms with E-state index in [0.717, 1.165) is 0 Å². The maximum atomic E-state index is 13.0. The van der Waals surface area contributed by atoms with E-state index in [1.807, 2.05) is 0 Å². The quantitative estimate of drug-likeness (QED) is 0.741. The molecule has 1 atom stereocenters. The van der Waals surface area contributed by atoms with Crippen LogP contribution in [0.4, 0.5) is 18.9 Å². The lowest BCUT2D eigenvalue weighted by Crippen LogP contribution is -2.26. The average molecular weight is 277 g/mol. The molecule has 3 heterocycles. The van der Waals surface area contributed by atoms with Crippen LogP contribution < -0.4 is 4.90 Å². The molecule has 0 amide bonds. The van der Waals surface area contributed by atoms with Crippen LogP contribution in [0.25, 0.3) is 5.65 Å². The Hall–Kier alpha value is -1.50. The fraction of sp³-hybridized carbons (Fsp3) is 0.400. The van der Waals surface area contributed by atoms with Crippen LogP contribution in [0.15, 0.2) is 12.3 Å². The van der Waals surface area contributed by atoms with E-state index in [0.29, 0.717) is 11.3 Å². The Labute approximate surface area is 105 Å². The van der Waals surface area contributed by atoms with E-state index in [1.54, 1.807) is 7.05 Å². The molecule has 3 rings (SSSR count). The van der Waals surface area contributed by atoms with Crippen molar-refractivity contribution >= 4 is 22.9 Å². The molecule has 1 unspecified atom stereocenters. The number of hydrogen-bond donors (Lipinski definition) is 0. The molecular formula is C10H8ClF3N4. The molecule has 0 saturated heterocycles. The summed E-state index contributed by atoms with van der Waals surface area (Å²) in [6.07, 6.45) is -2.89. The summed E-state index contributed by atoms with van der Waals surface area (Å²) in [5.74, 6) is -1.57. The maximum absolute atomic E-state index is 13.0. The number of halogens is 4. The number of hydrogen-bond acceptors (Lipinski definition) is 3. The summed E-state index contributed by atoms with van der Waals surface area (Å²) >= 11 is 5.72. The second-order valence-corrected chi connectivity index (χ2v) is 4.63. The highest BCUT2D eigenvalue weighted by atomic mass is 35.5. The molecule has 0 bridgehead atoms. The maximum Gasteiger partial charge on any atom is 0.399 e. The van der Waals surface area contributed by atoms with Gasteiger partial charge in [0.1, 0.15) is 5.92 Å². The Morgan fingerprint density at radius 2 is 2.17 bits per heavy atom. The molecule has 0 fully saturated rings. The first-order valence-corrected chi connectivity index (χ1v) is 5.58. The minimum absolute atomic E-state index is 0.0990. The third kappa shape index (κ3) is 1.53.